The maximum absolute atomic E-state index is 12.3. The third-order valence-electron chi connectivity index (χ3n) is 3.17. The maximum Gasteiger partial charge on any atom is 0.339 e. The third kappa shape index (κ3) is 4.93. The monoisotopic (exact) mass is 399 g/mol. The second-order valence-electron chi connectivity index (χ2n) is 4.81. The molecule has 0 heterocycles. The smallest absolute Gasteiger partial charge is 0.339 e. The van der Waals surface area contributed by atoms with Crippen LogP contribution >= 0.6 is 15.9 Å². The van der Waals surface area contributed by atoms with Gasteiger partial charge in [0.1, 0.15) is 11.6 Å². The van der Waals surface area contributed by atoms with Crippen molar-refractivity contribution in [3.05, 3.63) is 70.3 Å². The van der Waals surface area contributed by atoms with E-state index in [0.717, 1.165) is 10.2 Å². The minimum absolute atomic E-state index is 0.136. The van der Waals surface area contributed by atoms with Crippen molar-refractivity contribution in [3.8, 4) is 6.07 Å². The van der Waals surface area contributed by atoms with Gasteiger partial charge in [-0.3, -0.25) is 4.79 Å². The molecule has 0 atom stereocenters. The molecular weight excluding hydrogens is 386 g/mol. The van der Waals surface area contributed by atoms with Crippen LogP contribution in [-0.2, 0) is 9.53 Å². The molecule has 2 aromatic carbocycles. The number of nitriles is 1. The van der Waals surface area contributed by atoms with Crippen LogP contribution in [0.25, 0.3) is 0 Å². The van der Waals surface area contributed by atoms with Gasteiger partial charge in [-0.25, -0.2) is 4.79 Å². The average molecular weight is 400 g/mol. The van der Waals surface area contributed by atoms with Gasteiger partial charge in [0.05, 0.1) is 18.4 Å². The maximum atomic E-state index is 12.3. The van der Waals surface area contributed by atoms with E-state index in [1.807, 2.05) is 18.2 Å². The number of carbonyl (C=O) groups is 2. The number of hydrogen-bond acceptors (Lipinski definition) is 5. The van der Waals surface area contributed by atoms with E-state index in [1.165, 1.54) is 19.4 Å². The number of carbonyl (C=O) groups excluding carboxylic acids is 2. The van der Waals surface area contributed by atoms with E-state index >= 15 is 0 Å². The van der Waals surface area contributed by atoms with Crippen LogP contribution in [-0.4, -0.2) is 19.0 Å². The molecule has 7 heteroatoms. The molecule has 0 bridgehead atoms. The lowest BCUT2D eigenvalue weighted by atomic mass is 10.1. The highest BCUT2D eigenvalue weighted by molar-refractivity contribution is 9.10. The Morgan fingerprint density at radius 3 is 2.48 bits per heavy atom. The SMILES string of the molecule is COC(=O)c1ccccc1NC(=O)/C(C#N)=C\Nc1ccc(Br)cc1. The van der Waals surface area contributed by atoms with Crippen LogP contribution in [0.4, 0.5) is 11.4 Å². The highest BCUT2D eigenvalue weighted by atomic mass is 79.9. The number of methoxy groups -OCH3 is 1. The van der Waals surface area contributed by atoms with Crippen LogP contribution in [0.15, 0.2) is 64.8 Å². The average Bonchev–Trinajstić information content (AvgIpc) is 2.63. The zero-order valence-corrected chi connectivity index (χ0v) is 14.8. The first-order chi connectivity index (χ1) is 12.0. The van der Waals surface area contributed by atoms with Crippen molar-refractivity contribution < 1.29 is 14.3 Å². The number of esters is 1. The largest absolute Gasteiger partial charge is 0.465 e. The summed E-state index contributed by atoms with van der Waals surface area (Å²) in [5.41, 5.74) is 1.06. The molecule has 0 saturated heterocycles. The zero-order chi connectivity index (χ0) is 18.2. The molecule has 0 aromatic heterocycles. The van der Waals surface area contributed by atoms with Gasteiger partial charge in [-0.1, -0.05) is 28.1 Å². The van der Waals surface area contributed by atoms with Crippen molar-refractivity contribution in [1.82, 2.24) is 0 Å². The molecule has 6 nitrogen and oxygen atoms in total. The van der Waals surface area contributed by atoms with Crippen molar-refractivity contribution in [2.24, 2.45) is 0 Å². The number of rotatable bonds is 5. The van der Waals surface area contributed by atoms with Crippen LogP contribution in [0, 0.1) is 11.3 Å². The van der Waals surface area contributed by atoms with Gasteiger partial charge in [0.15, 0.2) is 0 Å². The van der Waals surface area contributed by atoms with Crippen LogP contribution in [0.5, 0.6) is 0 Å². The number of amides is 1. The van der Waals surface area contributed by atoms with Crippen molar-refractivity contribution in [2.75, 3.05) is 17.7 Å². The minimum Gasteiger partial charge on any atom is -0.465 e. The predicted molar refractivity (Wildman–Crippen MR) is 97.9 cm³/mol. The van der Waals surface area contributed by atoms with Crippen molar-refractivity contribution >= 4 is 39.2 Å². The fourth-order valence-corrected chi connectivity index (χ4v) is 2.18. The Balaban J connectivity index is 2.15. The molecule has 25 heavy (non-hydrogen) atoms. The van der Waals surface area contributed by atoms with Crippen LogP contribution in [0.3, 0.4) is 0 Å². The Hall–Kier alpha value is -3.11. The summed E-state index contributed by atoms with van der Waals surface area (Å²) < 4.78 is 5.59. The number of nitrogens with one attached hydrogen (secondary N) is 2. The second-order valence-corrected chi connectivity index (χ2v) is 5.73. The van der Waals surface area contributed by atoms with E-state index in [9.17, 15) is 14.9 Å². The Labute approximate surface area is 153 Å². The highest BCUT2D eigenvalue weighted by Gasteiger charge is 2.15. The number of para-hydroxylation sites is 1. The van der Waals surface area contributed by atoms with Crippen molar-refractivity contribution in [1.29, 1.82) is 5.26 Å². The van der Waals surface area contributed by atoms with Gasteiger partial charge < -0.3 is 15.4 Å². The number of halogens is 1. The van der Waals surface area contributed by atoms with Gasteiger partial charge in [-0.05, 0) is 36.4 Å². The van der Waals surface area contributed by atoms with E-state index in [4.69, 9.17) is 0 Å². The van der Waals surface area contributed by atoms with E-state index < -0.39 is 11.9 Å². The molecule has 0 aliphatic heterocycles. The van der Waals surface area contributed by atoms with Gasteiger partial charge >= 0.3 is 5.97 Å². The third-order valence-corrected chi connectivity index (χ3v) is 3.70. The Morgan fingerprint density at radius 2 is 1.84 bits per heavy atom. The molecule has 0 fully saturated rings. The van der Waals surface area contributed by atoms with Crippen molar-refractivity contribution in [3.63, 3.8) is 0 Å². The summed E-state index contributed by atoms with van der Waals surface area (Å²) in [6.07, 6.45) is 1.30. The topological polar surface area (TPSA) is 91.2 Å². The summed E-state index contributed by atoms with van der Waals surface area (Å²) in [6.45, 7) is 0. The van der Waals surface area contributed by atoms with Gasteiger partial charge in [0.25, 0.3) is 5.91 Å². The first-order valence-corrected chi connectivity index (χ1v) is 7.95. The fourth-order valence-electron chi connectivity index (χ4n) is 1.92. The minimum atomic E-state index is -0.636. The molecule has 0 saturated carbocycles. The summed E-state index contributed by atoms with van der Waals surface area (Å²) >= 11 is 3.33. The summed E-state index contributed by atoms with van der Waals surface area (Å²) in [4.78, 5) is 24.0. The molecule has 0 unspecified atom stereocenters. The summed E-state index contributed by atoms with van der Waals surface area (Å²) in [7, 11) is 1.25. The molecule has 0 aliphatic carbocycles. The lowest BCUT2D eigenvalue weighted by molar-refractivity contribution is -0.112. The van der Waals surface area contributed by atoms with Gasteiger partial charge in [0.2, 0.25) is 0 Å². The van der Waals surface area contributed by atoms with E-state index in [0.29, 0.717) is 0 Å². The number of ether oxygens (including phenoxy) is 1. The standard InChI is InChI=1S/C18H14BrN3O3/c1-25-18(24)15-4-2-3-5-16(15)22-17(23)12(10-20)11-21-14-8-6-13(19)7-9-14/h2-9,11,21H,1H3,(H,22,23)/b12-11-. The van der Waals surface area contributed by atoms with Crippen LogP contribution in [0.1, 0.15) is 10.4 Å². The molecule has 1 amide bonds. The molecule has 126 valence electrons. The van der Waals surface area contributed by atoms with Gasteiger partial charge in [-0.15, -0.1) is 0 Å². The lowest BCUT2D eigenvalue weighted by Gasteiger charge is -2.09. The summed E-state index contributed by atoms with van der Waals surface area (Å²) in [6, 6.07) is 15.5. The van der Waals surface area contributed by atoms with E-state index in [1.54, 1.807) is 30.3 Å². The van der Waals surface area contributed by atoms with Crippen LogP contribution in [0.2, 0.25) is 0 Å². The van der Waals surface area contributed by atoms with E-state index in [2.05, 4.69) is 31.3 Å². The first-order valence-electron chi connectivity index (χ1n) is 7.16. The molecule has 2 rings (SSSR count). The molecule has 2 N–H and O–H groups in total. The second kappa shape index (κ2) is 8.66. The van der Waals surface area contributed by atoms with Crippen molar-refractivity contribution in [2.45, 2.75) is 0 Å². The predicted octanol–water partition coefficient (Wildman–Crippen LogP) is 3.69. The Kier molecular flexibility index (Phi) is 6.32. The molecule has 0 radical (unpaired) electrons. The van der Waals surface area contributed by atoms with Gasteiger partial charge in [-0.2, -0.15) is 5.26 Å². The molecule has 0 spiro atoms. The quantitative estimate of drug-likeness (QED) is 0.454. The van der Waals surface area contributed by atoms with Crippen LogP contribution < -0.4 is 10.6 Å². The van der Waals surface area contributed by atoms with Gasteiger partial charge in [0, 0.05) is 16.4 Å². The molecular formula is C18H14BrN3O3. The number of hydrogen-bond donors (Lipinski definition) is 2. The Bertz CT molecular complexity index is 855. The first kappa shape index (κ1) is 18.2. The van der Waals surface area contributed by atoms with E-state index in [-0.39, 0.29) is 16.8 Å². The summed E-state index contributed by atoms with van der Waals surface area (Å²) in [5.74, 6) is -1.21. The zero-order valence-electron chi connectivity index (χ0n) is 13.2. The number of nitrogens with zero attached hydrogens (tertiary/aromatic N) is 1. The Morgan fingerprint density at radius 1 is 1.16 bits per heavy atom. The molecule has 0 aliphatic rings. The number of anilines is 2. The lowest BCUT2D eigenvalue weighted by Crippen LogP contribution is -2.17. The number of benzene rings is 2. The normalized spacial score (nSPS) is 10.5. The summed E-state index contributed by atoms with van der Waals surface area (Å²) in [5, 5.41) is 14.6. The molecule has 2 aromatic rings. The highest BCUT2D eigenvalue weighted by Crippen LogP contribution is 2.17. The fraction of sp³-hybridized carbons (Fsp3) is 0.0556.